The SMILES string of the molecule is O=C1c2ccccc2C(=O)N1CN1CCN(Cc2ccco2)CC1. The fraction of sp³-hybridized carbons (Fsp3) is 0.333. The molecule has 24 heavy (non-hydrogen) atoms. The number of imide groups is 1. The van der Waals surface area contributed by atoms with Gasteiger partial charge >= 0.3 is 0 Å². The molecule has 1 fully saturated rings. The van der Waals surface area contributed by atoms with Crippen LogP contribution in [0.4, 0.5) is 0 Å². The first-order chi connectivity index (χ1) is 11.7. The Morgan fingerprint density at radius 2 is 1.46 bits per heavy atom. The maximum atomic E-state index is 12.4. The summed E-state index contributed by atoms with van der Waals surface area (Å²) in [6.07, 6.45) is 1.69. The van der Waals surface area contributed by atoms with E-state index < -0.39 is 0 Å². The zero-order valence-corrected chi connectivity index (χ0v) is 13.4. The molecule has 3 heterocycles. The number of nitrogens with zero attached hydrogens (tertiary/aromatic N) is 3. The number of hydrogen-bond acceptors (Lipinski definition) is 5. The minimum atomic E-state index is -0.186. The number of rotatable bonds is 4. The molecule has 4 rings (SSSR count). The Morgan fingerprint density at radius 1 is 0.833 bits per heavy atom. The number of piperazine rings is 1. The second-order valence-corrected chi connectivity index (χ2v) is 6.20. The largest absolute Gasteiger partial charge is 0.468 e. The first-order valence-electron chi connectivity index (χ1n) is 8.15. The molecule has 2 aliphatic heterocycles. The standard InChI is InChI=1S/C18H19N3O3/c22-17-15-5-1-2-6-16(15)18(23)21(17)13-20-9-7-19(8-10-20)12-14-4-3-11-24-14/h1-6,11H,7-10,12-13H2. The molecule has 124 valence electrons. The number of carbonyl (C=O) groups excluding carboxylic acids is 2. The highest BCUT2D eigenvalue weighted by atomic mass is 16.3. The van der Waals surface area contributed by atoms with Gasteiger partial charge in [-0.15, -0.1) is 0 Å². The molecular weight excluding hydrogens is 306 g/mol. The first kappa shape index (κ1) is 15.1. The minimum Gasteiger partial charge on any atom is -0.468 e. The van der Waals surface area contributed by atoms with Gasteiger partial charge in [0.05, 0.1) is 30.6 Å². The van der Waals surface area contributed by atoms with E-state index in [0.717, 1.165) is 38.5 Å². The summed E-state index contributed by atoms with van der Waals surface area (Å²) >= 11 is 0. The summed E-state index contributed by atoms with van der Waals surface area (Å²) in [7, 11) is 0. The molecule has 0 N–H and O–H groups in total. The lowest BCUT2D eigenvalue weighted by Crippen LogP contribution is -2.50. The molecule has 0 radical (unpaired) electrons. The normalized spacial score (nSPS) is 19.1. The molecule has 1 saturated heterocycles. The van der Waals surface area contributed by atoms with Gasteiger partial charge in [-0.05, 0) is 24.3 Å². The molecule has 2 aliphatic rings. The minimum absolute atomic E-state index is 0.186. The van der Waals surface area contributed by atoms with Gasteiger partial charge in [0.15, 0.2) is 0 Å². The fourth-order valence-electron chi connectivity index (χ4n) is 3.28. The van der Waals surface area contributed by atoms with Crippen LogP contribution < -0.4 is 0 Å². The Balaban J connectivity index is 1.35. The van der Waals surface area contributed by atoms with Crippen LogP contribution in [0.2, 0.25) is 0 Å². The van der Waals surface area contributed by atoms with Gasteiger partial charge in [0.2, 0.25) is 0 Å². The van der Waals surface area contributed by atoms with Crippen LogP contribution in [0.25, 0.3) is 0 Å². The number of carbonyl (C=O) groups is 2. The van der Waals surface area contributed by atoms with E-state index in [1.54, 1.807) is 30.5 Å². The van der Waals surface area contributed by atoms with Gasteiger partial charge in [0, 0.05) is 26.2 Å². The molecular formula is C18H19N3O3. The van der Waals surface area contributed by atoms with Gasteiger partial charge in [0.1, 0.15) is 5.76 Å². The Labute approximate surface area is 140 Å². The summed E-state index contributed by atoms with van der Waals surface area (Å²) < 4.78 is 5.38. The van der Waals surface area contributed by atoms with Crippen molar-refractivity contribution in [1.82, 2.24) is 14.7 Å². The molecule has 6 heteroatoms. The molecule has 0 saturated carbocycles. The summed E-state index contributed by atoms with van der Waals surface area (Å²) in [5, 5.41) is 0. The summed E-state index contributed by atoms with van der Waals surface area (Å²) in [6, 6.07) is 10.9. The van der Waals surface area contributed by atoms with E-state index in [4.69, 9.17) is 4.42 Å². The number of amides is 2. The lowest BCUT2D eigenvalue weighted by atomic mass is 10.1. The number of hydrogen-bond donors (Lipinski definition) is 0. The monoisotopic (exact) mass is 325 g/mol. The molecule has 0 atom stereocenters. The van der Waals surface area contributed by atoms with Gasteiger partial charge in [-0.1, -0.05) is 12.1 Å². The highest BCUT2D eigenvalue weighted by Crippen LogP contribution is 2.23. The van der Waals surface area contributed by atoms with Gasteiger partial charge in [-0.2, -0.15) is 0 Å². The topological polar surface area (TPSA) is 57.0 Å². The first-order valence-corrected chi connectivity index (χ1v) is 8.15. The maximum absolute atomic E-state index is 12.4. The van der Waals surface area contributed by atoms with Crippen LogP contribution in [-0.2, 0) is 6.54 Å². The van der Waals surface area contributed by atoms with Crippen LogP contribution in [0.5, 0.6) is 0 Å². The third-order valence-electron chi connectivity index (χ3n) is 4.64. The zero-order chi connectivity index (χ0) is 16.5. The van der Waals surface area contributed by atoms with E-state index in [9.17, 15) is 9.59 Å². The van der Waals surface area contributed by atoms with Gasteiger partial charge < -0.3 is 4.42 Å². The van der Waals surface area contributed by atoms with Crippen molar-refractivity contribution in [3.8, 4) is 0 Å². The van der Waals surface area contributed by atoms with E-state index in [-0.39, 0.29) is 11.8 Å². The zero-order valence-electron chi connectivity index (χ0n) is 13.4. The van der Waals surface area contributed by atoms with Crippen molar-refractivity contribution in [1.29, 1.82) is 0 Å². The predicted octanol–water partition coefficient (Wildman–Crippen LogP) is 1.65. The third-order valence-corrected chi connectivity index (χ3v) is 4.64. The van der Waals surface area contributed by atoms with Crippen molar-refractivity contribution in [3.05, 3.63) is 59.5 Å². The highest BCUT2D eigenvalue weighted by Gasteiger charge is 2.36. The van der Waals surface area contributed by atoms with Crippen molar-refractivity contribution in [2.75, 3.05) is 32.8 Å². The average Bonchev–Trinajstić information content (AvgIpc) is 3.20. The van der Waals surface area contributed by atoms with Crippen LogP contribution >= 0.6 is 0 Å². The summed E-state index contributed by atoms with van der Waals surface area (Å²) in [4.78, 5) is 30.6. The van der Waals surface area contributed by atoms with Crippen LogP contribution in [-0.4, -0.2) is 59.4 Å². The number of benzene rings is 1. The number of furan rings is 1. The number of fused-ring (bicyclic) bond motifs is 1. The Kier molecular flexibility index (Phi) is 3.92. The second kappa shape index (κ2) is 6.22. The molecule has 0 unspecified atom stereocenters. The molecule has 0 spiro atoms. The van der Waals surface area contributed by atoms with Crippen LogP contribution in [0.15, 0.2) is 47.1 Å². The lowest BCUT2D eigenvalue weighted by molar-refractivity contribution is 0.0441. The van der Waals surface area contributed by atoms with Crippen molar-refractivity contribution in [3.63, 3.8) is 0 Å². The van der Waals surface area contributed by atoms with Crippen molar-refractivity contribution in [2.24, 2.45) is 0 Å². The average molecular weight is 325 g/mol. The van der Waals surface area contributed by atoms with E-state index >= 15 is 0 Å². The Morgan fingerprint density at radius 3 is 2.04 bits per heavy atom. The molecule has 0 aliphatic carbocycles. The van der Waals surface area contributed by atoms with Crippen LogP contribution in [0.3, 0.4) is 0 Å². The molecule has 1 aromatic carbocycles. The van der Waals surface area contributed by atoms with E-state index in [1.807, 2.05) is 12.1 Å². The lowest BCUT2D eigenvalue weighted by Gasteiger charge is -2.35. The van der Waals surface area contributed by atoms with Gasteiger partial charge in [-0.25, -0.2) is 0 Å². The second-order valence-electron chi connectivity index (χ2n) is 6.20. The molecule has 2 amide bonds. The van der Waals surface area contributed by atoms with E-state index in [1.165, 1.54) is 4.90 Å². The van der Waals surface area contributed by atoms with Gasteiger partial charge in [-0.3, -0.25) is 24.3 Å². The van der Waals surface area contributed by atoms with Crippen molar-refractivity contribution >= 4 is 11.8 Å². The molecule has 0 bridgehead atoms. The Bertz CT molecular complexity index is 714. The summed E-state index contributed by atoms with van der Waals surface area (Å²) in [5.74, 6) is 0.589. The van der Waals surface area contributed by atoms with E-state index in [0.29, 0.717) is 17.8 Å². The predicted molar refractivity (Wildman–Crippen MR) is 87.4 cm³/mol. The van der Waals surface area contributed by atoms with E-state index in [2.05, 4.69) is 9.80 Å². The Hall–Kier alpha value is -2.44. The maximum Gasteiger partial charge on any atom is 0.262 e. The smallest absolute Gasteiger partial charge is 0.262 e. The summed E-state index contributed by atoms with van der Waals surface area (Å²) in [5.41, 5.74) is 1.03. The third kappa shape index (κ3) is 2.74. The summed E-state index contributed by atoms with van der Waals surface area (Å²) in [6.45, 7) is 4.60. The molecule has 1 aromatic heterocycles. The van der Waals surface area contributed by atoms with Crippen molar-refractivity contribution in [2.45, 2.75) is 6.54 Å². The highest BCUT2D eigenvalue weighted by molar-refractivity contribution is 6.21. The van der Waals surface area contributed by atoms with Crippen molar-refractivity contribution < 1.29 is 14.0 Å². The van der Waals surface area contributed by atoms with Crippen LogP contribution in [0.1, 0.15) is 26.5 Å². The van der Waals surface area contributed by atoms with Crippen LogP contribution in [0, 0.1) is 0 Å². The molecule has 6 nitrogen and oxygen atoms in total. The molecule has 2 aromatic rings. The van der Waals surface area contributed by atoms with Gasteiger partial charge in [0.25, 0.3) is 11.8 Å². The quantitative estimate of drug-likeness (QED) is 0.800. The fourth-order valence-corrected chi connectivity index (χ4v) is 3.28.